The molecule has 6 nitrogen and oxygen atoms in total. The van der Waals surface area contributed by atoms with E-state index in [4.69, 9.17) is 21.4 Å². The van der Waals surface area contributed by atoms with Crippen LogP contribution in [0.3, 0.4) is 0 Å². The average Bonchev–Trinajstić information content (AvgIpc) is 2.59. The van der Waals surface area contributed by atoms with Gasteiger partial charge in [-0.3, -0.25) is 4.98 Å². The summed E-state index contributed by atoms with van der Waals surface area (Å²) in [4.78, 5) is 8.34. The van der Waals surface area contributed by atoms with Crippen molar-refractivity contribution in [1.29, 1.82) is 0 Å². The Balaban J connectivity index is 2.49. The van der Waals surface area contributed by atoms with E-state index in [2.05, 4.69) is 15.1 Å². The molecule has 0 aliphatic rings. The summed E-state index contributed by atoms with van der Waals surface area (Å²) in [6.45, 7) is 0. The minimum absolute atomic E-state index is 0.287. The third-order valence-corrected chi connectivity index (χ3v) is 2.08. The van der Waals surface area contributed by atoms with Crippen LogP contribution in [-0.4, -0.2) is 26.9 Å². The van der Waals surface area contributed by atoms with Gasteiger partial charge in [-0.05, 0) is 12.2 Å². The van der Waals surface area contributed by atoms with Crippen molar-refractivity contribution in [2.24, 2.45) is 7.05 Å². The van der Waals surface area contributed by atoms with Gasteiger partial charge in [0.05, 0.1) is 19.5 Å². The van der Waals surface area contributed by atoms with Crippen LogP contribution >= 0.6 is 12.2 Å². The fraction of sp³-hybridized carbons (Fsp3) is 0.250. The van der Waals surface area contributed by atoms with Gasteiger partial charge in [0, 0.05) is 7.05 Å². The number of aromatic nitrogens is 4. The van der Waals surface area contributed by atoms with Crippen molar-refractivity contribution in [3.8, 4) is 17.5 Å². The second kappa shape index (κ2) is 3.77. The number of methoxy groups -OCH3 is 1. The van der Waals surface area contributed by atoms with E-state index in [-0.39, 0.29) is 4.84 Å². The molecule has 0 spiro atoms. The molecular formula is C8H8N4O2S. The molecule has 0 saturated heterocycles. The van der Waals surface area contributed by atoms with E-state index in [1.54, 1.807) is 7.05 Å². The van der Waals surface area contributed by atoms with Gasteiger partial charge < -0.3 is 9.15 Å². The minimum Gasteiger partial charge on any atom is -0.480 e. The van der Waals surface area contributed by atoms with Crippen LogP contribution in [0.1, 0.15) is 0 Å². The molecule has 0 N–H and O–H groups in total. The van der Waals surface area contributed by atoms with Crippen LogP contribution in [0.2, 0.25) is 0 Å². The van der Waals surface area contributed by atoms with Gasteiger partial charge in [0.1, 0.15) is 5.69 Å². The number of hydrogen-bond acceptors (Lipinski definition) is 6. The van der Waals surface area contributed by atoms with Gasteiger partial charge in [-0.25, -0.2) is 9.67 Å². The Hall–Kier alpha value is -1.76. The summed E-state index contributed by atoms with van der Waals surface area (Å²) in [5, 5.41) is 4.04. The molecule has 0 aromatic carbocycles. The Morgan fingerprint density at radius 1 is 1.47 bits per heavy atom. The second-order valence-electron chi connectivity index (χ2n) is 2.74. The predicted molar refractivity (Wildman–Crippen MR) is 53.9 cm³/mol. The average molecular weight is 224 g/mol. The van der Waals surface area contributed by atoms with Crippen molar-refractivity contribution in [2.75, 3.05) is 7.11 Å². The van der Waals surface area contributed by atoms with Crippen molar-refractivity contribution in [2.45, 2.75) is 0 Å². The molecule has 0 amide bonds. The third-order valence-electron chi connectivity index (χ3n) is 1.73. The van der Waals surface area contributed by atoms with Crippen LogP contribution in [-0.2, 0) is 7.05 Å². The van der Waals surface area contributed by atoms with E-state index < -0.39 is 0 Å². The number of hydrogen-bond donors (Lipinski definition) is 0. The van der Waals surface area contributed by atoms with Crippen LogP contribution < -0.4 is 4.74 Å². The molecule has 0 saturated carbocycles. The van der Waals surface area contributed by atoms with E-state index in [0.717, 1.165) is 0 Å². The zero-order chi connectivity index (χ0) is 10.8. The first-order valence-electron chi connectivity index (χ1n) is 4.11. The molecule has 2 heterocycles. The SMILES string of the molecule is COc1cncc(-c2nn(C)c(=S)o2)n1. The summed E-state index contributed by atoms with van der Waals surface area (Å²) in [6.07, 6.45) is 3.03. The Bertz CT molecular complexity index is 533. The summed E-state index contributed by atoms with van der Waals surface area (Å²) >= 11 is 4.89. The zero-order valence-corrected chi connectivity index (χ0v) is 8.98. The first-order chi connectivity index (χ1) is 7.20. The molecule has 0 aliphatic heterocycles. The topological polar surface area (TPSA) is 66.0 Å². The monoisotopic (exact) mass is 224 g/mol. The summed E-state index contributed by atoms with van der Waals surface area (Å²) in [6, 6.07) is 0. The Labute approximate surface area is 90.5 Å². The molecular weight excluding hydrogens is 216 g/mol. The maximum Gasteiger partial charge on any atom is 0.287 e. The van der Waals surface area contributed by atoms with Crippen LogP contribution in [0.15, 0.2) is 16.8 Å². The fourth-order valence-electron chi connectivity index (χ4n) is 0.999. The van der Waals surface area contributed by atoms with Gasteiger partial charge >= 0.3 is 0 Å². The van der Waals surface area contributed by atoms with Gasteiger partial charge in [-0.1, -0.05) is 0 Å². The van der Waals surface area contributed by atoms with Gasteiger partial charge in [-0.2, -0.15) is 0 Å². The fourth-order valence-corrected chi connectivity index (χ4v) is 1.12. The molecule has 0 atom stereocenters. The van der Waals surface area contributed by atoms with E-state index in [1.165, 1.54) is 24.2 Å². The molecule has 0 fully saturated rings. The Kier molecular flexibility index (Phi) is 2.46. The van der Waals surface area contributed by atoms with Gasteiger partial charge in [-0.15, -0.1) is 5.10 Å². The highest BCUT2D eigenvalue weighted by atomic mass is 32.1. The number of nitrogens with zero attached hydrogens (tertiary/aromatic N) is 4. The molecule has 2 aromatic heterocycles. The molecule has 78 valence electrons. The molecule has 0 unspecified atom stereocenters. The highest BCUT2D eigenvalue weighted by Crippen LogP contribution is 2.16. The first-order valence-corrected chi connectivity index (χ1v) is 4.52. The summed E-state index contributed by atoms with van der Waals surface area (Å²) < 4.78 is 11.6. The van der Waals surface area contributed by atoms with Crippen LogP contribution in [0, 0.1) is 4.84 Å². The molecule has 0 radical (unpaired) electrons. The van der Waals surface area contributed by atoms with Gasteiger partial charge in [0.25, 0.3) is 10.7 Å². The summed E-state index contributed by atoms with van der Waals surface area (Å²) in [5.41, 5.74) is 0.487. The number of ether oxygens (including phenoxy) is 1. The smallest absolute Gasteiger partial charge is 0.287 e. The Morgan fingerprint density at radius 2 is 2.27 bits per heavy atom. The van der Waals surface area contributed by atoms with E-state index in [0.29, 0.717) is 17.5 Å². The maximum atomic E-state index is 5.21. The molecule has 0 aliphatic carbocycles. The van der Waals surface area contributed by atoms with E-state index in [1.807, 2.05) is 0 Å². The van der Waals surface area contributed by atoms with Crippen LogP contribution in [0.5, 0.6) is 5.88 Å². The van der Waals surface area contributed by atoms with Crippen molar-refractivity contribution in [3.05, 3.63) is 17.2 Å². The zero-order valence-electron chi connectivity index (χ0n) is 8.17. The van der Waals surface area contributed by atoms with E-state index >= 15 is 0 Å². The first kappa shape index (κ1) is 9.78. The molecule has 2 rings (SSSR count). The number of aryl methyl sites for hydroxylation is 1. The minimum atomic E-state index is 0.287. The van der Waals surface area contributed by atoms with Crippen molar-refractivity contribution >= 4 is 12.2 Å². The van der Waals surface area contributed by atoms with Crippen molar-refractivity contribution in [1.82, 2.24) is 19.7 Å². The largest absolute Gasteiger partial charge is 0.480 e. The maximum absolute atomic E-state index is 5.21. The quantitative estimate of drug-likeness (QED) is 0.714. The lowest BCUT2D eigenvalue weighted by atomic mass is 10.4. The third kappa shape index (κ3) is 1.86. The lowest BCUT2D eigenvalue weighted by molar-refractivity contribution is 0.395. The summed E-state index contributed by atoms with van der Waals surface area (Å²) in [5.74, 6) is 0.730. The van der Waals surface area contributed by atoms with Crippen molar-refractivity contribution in [3.63, 3.8) is 0 Å². The lowest BCUT2D eigenvalue weighted by Gasteiger charge is -1.97. The Morgan fingerprint density at radius 3 is 2.87 bits per heavy atom. The number of rotatable bonds is 2. The van der Waals surface area contributed by atoms with Crippen molar-refractivity contribution < 1.29 is 9.15 Å². The normalized spacial score (nSPS) is 10.3. The summed E-state index contributed by atoms with van der Waals surface area (Å²) in [7, 11) is 3.21. The highest BCUT2D eigenvalue weighted by Gasteiger charge is 2.09. The van der Waals surface area contributed by atoms with Crippen LogP contribution in [0.25, 0.3) is 11.6 Å². The van der Waals surface area contributed by atoms with Gasteiger partial charge in [0.15, 0.2) is 0 Å². The van der Waals surface area contributed by atoms with Gasteiger partial charge in [0.2, 0.25) is 5.88 Å². The van der Waals surface area contributed by atoms with E-state index in [9.17, 15) is 0 Å². The predicted octanol–water partition coefficient (Wildman–Crippen LogP) is 1.21. The standard InChI is InChI=1S/C8H8N4O2S/c1-12-8(15)14-7(11-12)5-3-9-4-6(10-5)13-2/h3-4H,1-2H3. The molecule has 2 aromatic rings. The molecule has 7 heteroatoms. The molecule has 15 heavy (non-hydrogen) atoms. The highest BCUT2D eigenvalue weighted by molar-refractivity contribution is 7.71. The lowest BCUT2D eigenvalue weighted by Crippen LogP contribution is -1.93. The second-order valence-corrected chi connectivity index (χ2v) is 3.09. The van der Waals surface area contributed by atoms with Crippen LogP contribution in [0.4, 0.5) is 0 Å². The molecule has 0 bridgehead atoms.